The number of nitrogens with zero attached hydrogens (tertiary/aromatic N) is 1. The van der Waals surface area contributed by atoms with E-state index >= 15 is 0 Å². The number of nitro benzene ring substituents is 1. The molecule has 2 rings (SSSR count). The topological polar surface area (TPSA) is 63.4 Å². The summed E-state index contributed by atoms with van der Waals surface area (Å²) < 4.78 is 13.3. The molecule has 6 heteroatoms. The Labute approximate surface area is 81.4 Å². The third-order valence-corrected chi connectivity index (χ3v) is 2.82. The van der Waals surface area contributed by atoms with E-state index in [1.807, 2.05) is 0 Å². The number of hydrogen-bond acceptors (Lipinski definition) is 4. The number of rotatable bonds is 1. The van der Waals surface area contributed by atoms with Gasteiger partial charge in [-0.3, -0.25) is 10.1 Å². The zero-order valence-corrected chi connectivity index (χ0v) is 7.55. The SMILES string of the molecule is O=[N+]([O-])c1cccc2c(F)c(O)sc12. The van der Waals surface area contributed by atoms with Crippen LogP contribution in [0.1, 0.15) is 0 Å². The van der Waals surface area contributed by atoms with Crippen LogP contribution in [0.25, 0.3) is 10.1 Å². The number of halogens is 1. The molecule has 0 saturated heterocycles. The lowest BCUT2D eigenvalue weighted by Gasteiger charge is -1.91. The summed E-state index contributed by atoms with van der Waals surface area (Å²) in [6, 6.07) is 4.06. The van der Waals surface area contributed by atoms with E-state index in [0.29, 0.717) is 11.3 Å². The lowest BCUT2D eigenvalue weighted by Crippen LogP contribution is -1.86. The van der Waals surface area contributed by atoms with Gasteiger partial charge in [-0.15, -0.1) is 0 Å². The zero-order valence-electron chi connectivity index (χ0n) is 6.73. The van der Waals surface area contributed by atoms with Crippen molar-refractivity contribution in [2.45, 2.75) is 0 Å². The summed E-state index contributed by atoms with van der Waals surface area (Å²) in [5.41, 5.74) is -0.188. The van der Waals surface area contributed by atoms with Crippen LogP contribution in [0.3, 0.4) is 0 Å². The first-order valence-corrected chi connectivity index (χ1v) is 4.47. The standard InChI is InChI=1S/C8H4FNO3S/c9-6-4-2-1-3-5(10(12)13)7(4)14-8(6)11/h1-3,11H. The smallest absolute Gasteiger partial charge is 0.287 e. The number of thiophene rings is 1. The summed E-state index contributed by atoms with van der Waals surface area (Å²) in [5.74, 6) is -0.797. The van der Waals surface area contributed by atoms with E-state index in [1.165, 1.54) is 18.2 Å². The molecule has 2 aromatic rings. The molecule has 0 spiro atoms. The van der Waals surface area contributed by atoms with Crippen LogP contribution >= 0.6 is 11.3 Å². The molecule has 0 aliphatic rings. The second-order valence-electron chi connectivity index (χ2n) is 2.63. The Bertz CT molecular complexity index is 523. The number of nitro groups is 1. The fraction of sp³-hybridized carbons (Fsp3) is 0. The summed E-state index contributed by atoms with van der Waals surface area (Å²) in [4.78, 5) is 9.94. The maximum absolute atomic E-state index is 13.1. The zero-order chi connectivity index (χ0) is 10.3. The predicted octanol–water partition coefficient (Wildman–Crippen LogP) is 2.65. The van der Waals surface area contributed by atoms with E-state index in [4.69, 9.17) is 5.11 Å². The predicted molar refractivity (Wildman–Crippen MR) is 50.1 cm³/mol. The Morgan fingerprint density at radius 2 is 2.21 bits per heavy atom. The molecule has 1 aromatic heterocycles. The molecular weight excluding hydrogens is 209 g/mol. The lowest BCUT2D eigenvalue weighted by molar-refractivity contribution is -0.382. The molecule has 1 aromatic carbocycles. The quantitative estimate of drug-likeness (QED) is 0.585. The van der Waals surface area contributed by atoms with Crippen LogP contribution in [-0.2, 0) is 0 Å². The van der Waals surface area contributed by atoms with Crippen molar-refractivity contribution in [1.29, 1.82) is 0 Å². The van der Waals surface area contributed by atoms with Gasteiger partial charge in [-0.2, -0.15) is 0 Å². The number of hydrogen-bond donors (Lipinski definition) is 1. The minimum atomic E-state index is -0.797. The van der Waals surface area contributed by atoms with Crippen LogP contribution in [0.15, 0.2) is 18.2 Å². The summed E-state index contributed by atoms with van der Waals surface area (Å²) in [5, 5.41) is 19.2. The fourth-order valence-corrected chi connectivity index (χ4v) is 2.11. The first kappa shape index (κ1) is 8.89. The van der Waals surface area contributed by atoms with Crippen LogP contribution in [0.2, 0.25) is 0 Å². The van der Waals surface area contributed by atoms with Gasteiger partial charge in [0, 0.05) is 11.5 Å². The highest BCUT2D eigenvalue weighted by molar-refractivity contribution is 7.21. The molecule has 0 bridgehead atoms. The number of benzene rings is 1. The van der Waals surface area contributed by atoms with Gasteiger partial charge >= 0.3 is 0 Å². The van der Waals surface area contributed by atoms with Crippen molar-refractivity contribution in [1.82, 2.24) is 0 Å². The molecule has 14 heavy (non-hydrogen) atoms. The van der Waals surface area contributed by atoms with Gasteiger partial charge in [0.1, 0.15) is 4.70 Å². The fourth-order valence-electron chi connectivity index (χ4n) is 1.21. The van der Waals surface area contributed by atoms with Gasteiger partial charge in [-0.1, -0.05) is 17.4 Å². The monoisotopic (exact) mass is 213 g/mol. The average Bonchev–Trinajstić information content (AvgIpc) is 2.43. The summed E-state index contributed by atoms with van der Waals surface area (Å²) in [6.45, 7) is 0. The summed E-state index contributed by atoms with van der Waals surface area (Å²) in [7, 11) is 0. The molecule has 1 N–H and O–H groups in total. The van der Waals surface area contributed by atoms with E-state index < -0.39 is 15.8 Å². The Morgan fingerprint density at radius 1 is 1.50 bits per heavy atom. The first-order valence-electron chi connectivity index (χ1n) is 3.65. The molecule has 0 fully saturated rings. The van der Waals surface area contributed by atoms with Crippen LogP contribution in [-0.4, -0.2) is 10.0 Å². The average molecular weight is 213 g/mol. The minimum absolute atomic E-state index is 0.0849. The molecular formula is C8H4FNO3S. The summed E-state index contributed by atoms with van der Waals surface area (Å²) in [6.07, 6.45) is 0. The van der Waals surface area contributed by atoms with Crippen molar-refractivity contribution in [3.8, 4) is 5.06 Å². The van der Waals surface area contributed by atoms with Crippen molar-refractivity contribution in [2.24, 2.45) is 0 Å². The molecule has 72 valence electrons. The van der Waals surface area contributed by atoms with E-state index in [9.17, 15) is 14.5 Å². The van der Waals surface area contributed by atoms with Crippen molar-refractivity contribution in [3.63, 3.8) is 0 Å². The minimum Gasteiger partial charge on any atom is -0.497 e. The van der Waals surface area contributed by atoms with Gasteiger partial charge < -0.3 is 5.11 Å². The van der Waals surface area contributed by atoms with E-state index in [-0.39, 0.29) is 15.8 Å². The van der Waals surface area contributed by atoms with Crippen molar-refractivity contribution in [2.75, 3.05) is 0 Å². The molecule has 4 nitrogen and oxygen atoms in total. The third kappa shape index (κ3) is 1.12. The molecule has 0 saturated carbocycles. The largest absolute Gasteiger partial charge is 0.497 e. The van der Waals surface area contributed by atoms with Gasteiger partial charge in [0.15, 0.2) is 5.82 Å². The normalized spacial score (nSPS) is 10.6. The van der Waals surface area contributed by atoms with Crippen LogP contribution in [0.5, 0.6) is 5.06 Å². The number of aromatic hydroxyl groups is 1. The number of non-ortho nitro benzene ring substituents is 1. The van der Waals surface area contributed by atoms with E-state index in [0.717, 1.165) is 0 Å². The van der Waals surface area contributed by atoms with Gasteiger partial charge in [0.2, 0.25) is 5.06 Å². The Balaban J connectivity index is 2.88. The van der Waals surface area contributed by atoms with E-state index in [1.54, 1.807) is 0 Å². The molecule has 0 atom stereocenters. The molecule has 1 heterocycles. The van der Waals surface area contributed by atoms with Crippen molar-refractivity contribution < 1.29 is 14.4 Å². The molecule has 0 aliphatic carbocycles. The maximum atomic E-state index is 13.1. The van der Waals surface area contributed by atoms with Gasteiger partial charge in [-0.05, 0) is 6.07 Å². The molecule has 0 amide bonds. The van der Waals surface area contributed by atoms with E-state index in [2.05, 4.69) is 0 Å². The summed E-state index contributed by atoms with van der Waals surface area (Å²) >= 11 is 0.673. The van der Waals surface area contributed by atoms with Crippen molar-refractivity contribution >= 4 is 27.1 Å². The highest BCUT2D eigenvalue weighted by Crippen LogP contribution is 2.39. The van der Waals surface area contributed by atoms with Crippen LogP contribution < -0.4 is 0 Å². The van der Waals surface area contributed by atoms with Gasteiger partial charge in [0.25, 0.3) is 5.69 Å². The molecule has 0 unspecified atom stereocenters. The molecule has 0 radical (unpaired) electrons. The van der Waals surface area contributed by atoms with Crippen LogP contribution in [0, 0.1) is 15.9 Å². The second-order valence-corrected chi connectivity index (χ2v) is 3.63. The lowest BCUT2D eigenvalue weighted by atomic mass is 10.2. The Kier molecular flexibility index (Phi) is 1.85. The third-order valence-electron chi connectivity index (χ3n) is 1.81. The van der Waals surface area contributed by atoms with Gasteiger partial charge in [-0.25, -0.2) is 4.39 Å². The Morgan fingerprint density at radius 3 is 2.86 bits per heavy atom. The molecule has 0 aliphatic heterocycles. The maximum Gasteiger partial charge on any atom is 0.287 e. The Hall–Kier alpha value is -1.69. The highest BCUT2D eigenvalue weighted by Gasteiger charge is 2.19. The number of fused-ring (bicyclic) bond motifs is 1. The second kappa shape index (κ2) is 2.91. The highest BCUT2D eigenvalue weighted by atomic mass is 32.1. The van der Waals surface area contributed by atoms with Gasteiger partial charge in [0.05, 0.1) is 4.92 Å². The van der Waals surface area contributed by atoms with Crippen LogP contribution in [0.4, 0.5) is 10.1 Å². The van der Waals surface area contributed by atoms with Crippen molar-refractivity contribution in [3.05, 3.63) is 34.1 Å². The first-order chi connectivity index (χ1) is 6.61.